The first kappa shape index (κ1) is 13.9. The van der Waals surface area contributed by atoms with Crippen LogP contribution in [0.2, 0.25) is 0 Å². The second-order valence-electron chi connectivity index (χ2n) is 3.25. The molecule has 0 saturated carbocycles. The van der Waals surface area contributed by atoms with Crippen LogP contribution < -0.4 is 15.2 Å². The lowest BCUT2D eigenvalue weighted by molar-refractivity contribution is -0.111. The zero-order chi connectivity index (χ0) is 13.8. The Hall–Kier alpha value is -2.19. The largest absolute Gasteiger partial charge is 0.323 e. The van der Waals surface area contributed by atoms with E-state index in [-0.39, 0.29) is 5.56 Å². The highest BCUT2D eigenvalue weighted by atomic mass is 32.2. The van der Waals surface area contributed by atoms with Crippen molar-refractivity contribution in [3.8, 4) is 0 Å². The molecule has 0 aliphatic heterocycles. The Morgan fingerprint density at radius 1 is 1.22 bits per heavy atom. The normalized spacial score (nSPS) is 10.5. The van der Waals surface area contributed by atoms with E-state index < -0.39 is 22.0 Å². The fourth-order valence-corrected chi connectivity index (χ4v) is 1.46. The molecule has 0 saturated heterocycles. The van der Waals surface area contributed by atoms with Gasteiger partial charge in [0.05, 0.1) is 0 Å². The van der Waals surface area contributed by atoms with Crippen molar-refractivity contribution in [1.29, 1.82) is 0 Å². The van der Waals surface area contributed by atoms with Gasteiger partial charge in [0.15, 0.2) is 0 Å². The van der Waals surface area contributed by atoms with E-state index in [1.807, 2.05) is 0 Å². The second-order valence-corrected chi connectivity index (χ2v) is 4.54. The molecule has 0 atom stereocenters. The number of hydrogen-bond donors (Lipinski definition) is 3. The summed E-state index contributed by atoms with van der Waals surface area (Å²) in [7, 11) is -4.09. The SMILES string of the molecule is C=CC(=O)Nc1ccc(C(=O)NS(N)(=O)=O)cc1. The minimum Gasteiger partial charge on any atom is -0.323 e. The first-order valence-corrected chi connectivity index (χ1v) is 6.25. The minimum absolute atomic E-state index is 0.0978. The number of hydrogen-bond acceptors (Lipinski definition) is 4. The number of carbonyl (C=O) groups is 2. The number of amides is 2. The van der Waals surface area contributed by atoms with Crippen molar-refractivity contribution in [3.05, 3.63) is 42.5 Å². The van der Waals surface area contributed by atoms with Crippen LogP contribution in [0.3, 0.4) is 0 Å². The minimum atomic E-state index is -4.09. The van der Waals surface area contributed by atoms with Crippen molar-refractivity contribution in [2.45, 2.75) is 0 Å². The van der Waals surface area contributed by atoms with Gasteiger partial charge < -0.3 is 5.32 Å². The Balaban J connectivity index is 2.80. The fraction of sp³-hybridized carbons (Fsp3) is 0. The third-order valence-electron chi connectivity index (χ3n) is 1.83. The van der Waals surface area contributed by atoms with Crippen LogP contribution in [-0.4, -0.2) is 20.2 Å². The quantitative estimate of drug-likeness (QED) is 0.653. The van der Waals surface area contributed by atoms with E-state index in [1.165, 1.54) is 24.3 Å². The molecule has 0 aliphatic carbocycles. The molecule has 1 rings (SSSR count). The summed E-state index contributed by atoms with van der Waals surface area (Å²) >= 11 is 0. The molecule has 0 heterocycles. The van der Waals surface area contributed by atoms with E-state index in [9.17, 15) is 18.0 Å². The van der Waals surface area contributed by atoms with Gasteiger partial charge in [-0.2, -0.15) is 8.42 Å². The summed E-state index contributed by atoms with van der Waals surface area (Å²) in [5.74, 6) is -1.24. The number of nitrogens with one attached hydrogen (secondary N) is 2. The summed E-state index contributed by atoms with van der Waals surface area (Å²) in [6, 6.07) is 5.58. The standard InChI is InChI=1S/C10H11N3O4S/c1-2-9(14)12-8-5-3-7(4-6-8)10(15)13-18(11,16)17/h2-6H,1H2,(H,12,14)(H,13,15)(H2,11,16,17). The second kappa shape index (κ2) is 5.43. The summed E-state index contributed by atoms with van der Waals surface area (Å²) < 4.78 is 22.9. The molecule has 2 amide bonds. The lowest BCUT2D eigenvalue weighted by Crippen LogP contribution is -2.35. The van der Waals surface area contributed by atoms with Crippen molar-refractivity contribution in [3.63, 3.8) is 0 Å². The van der Waals surface area contributed by atoms with E-state index in [0.29, 0.717) is 5.69 Å². The summed E-state index contributed by atoms with van der Waals surface area (Å²) in [6.45, 7) is 3.29. The smallest absolute Gasteiger partial charge is 0.298 e. The molecule has 18 heavy (non-hydrogen) atoms. The number of rotatable bonds is 4. The topological polar surface area (TPSA) is 118 Å². The van der Waals surface area contributed by atoms with Crippen molar-refractivity contribution < 1.29 is 18.0 Å². The highest BCUT2D eigenvalue weighted by Crippen LogP contribution is 2.09. The monoisotopic (exact) mass is 269 g/mol. The van der Waals surface area contributed by atoms with Crippen molar-refractivity contribution >= 4 is 27.7 Å². The third-order valence-corrected chi connectivity index (χ3v) is 2.30. The molecule has 0 spiro atoms. The van der Waals surface area contributed by atoms with Gasteiger partial charge in [-0.15, -0.1) is 0 Å². The lowest BCUT2D eigenvalue weighted by Gasteiger charge is -2.04. The van der Waals surface area contributed by atoms with Crippen LogP contribution in [0.25, 0.3) is 0 Å². The Morgan fingerprint density at radius 3 is 2.22 bits per heavy atom. The maximum Gasteiger partial charge on any atom is 0.298 e. The lowest BCUT2D eigenvalue weighted by atomic mass is 10.2. The first-order chi connectivity index (χ1) is 8.31. The average Bonchev–Trinajstić information content (AvgIpc) is 2.27. The van der Waals surface area contributed by atoms with Crippen LogP contribution in [0.1, 0.15) is 10.4 Å². The van der Waals surface area contributed by atoms with Gasteiger partial charge in [-0.05, 0) is 30.3 Å². The van der Waals surface area contributed by atoms with Gasteiger partial charge >= 0.3 is 0 Å². The number of carbonyl (C=O) groups excluding carboxylic acids is 2. The van der Waals surface area contributed by atoms with Crippen LogP contribution in [0.5, 0.6) is 0 Å². The summed E-state index contributed by atoms with van der Waals surface area (Å²) in [4.78, 5) is 22.4. The molecule has 0 radical (unpaired) electrons. The molecular formula is C10H11N3O4S. The van der Waals surface area contributed by atoms with Gasteiger partial charge in [-0.25, -0.2) is 9.86 Å². The molecule has 0 bridgehead atoms. The highest BCUT2D eigenvalue weighted by molar-refractivity contribution is 7.87. The van der Waals surface area contributed by atoms with Gasteiger partial charge in [-0.1, -0.05) is 6.58 Å². The molecule has 0 unspecified atom stereocenters. The predicted octanol–water partition coefficient (Wildman–Crippen LogP) is -0.256. The van der Waals surface area contributed by atoms with Crippen LogP contribution in [0.15, 0.2) is 36.9 Å². The van der Waals surface area contributed by atoms with Crippen LogP contribution in [-0.2, 0) is 15.0 Å². The van der Waals surface area contributed by atoms with E-state index in [0.717, 1.165) is 6.08 Å². The summed E-state index contributed by atoms with van der Waals surface area (Å²) in [5, 5.41) is 7.13. The Bertz CT molecular complexity index is 578. The van der Waals surface area contributed by atoms with Crippen molar-refractivity contribution in [1.82, 2.24) is 4.72 Å². The molecule has 8 heteroatoms. The number of benzene rings is 1. The van der Waals surface area contributed by atoms with Gasteiger partial charge in [0, 0.05) is 11.3 Å². The van der Waals surface area contributed by atoms with E-state index in [4.69, 9.17) is 0 Å². The van der Waals surface area contributed by atoms with Crippen LogP contribution in [0, 0.1) is 0 Å². The zero-order valence-corrected chi connectivity index (χ0v) is 10.0. The van der Waals surface area contributed by atoms with E-state index in [1.54, 1.807) is 4.72 Å². The average molecular weight is 269 g/mol. The number of anilines is 1. The number of nitrogens with two attached hydrogens (primary N) is 1. The van der Waals surface area contributed by atoms with Gasteiger partial charge in [-0.3, -0.25) is 9.59 Å². The first-order valence-electron chi connectivity index (χ1n) is 4.70. The third kappa shape index (κ3) is 4.36. The van der Waals surface area contributed by atoms with Crippen LogP contribution in [0.4, 0.5) is 5.69 Å². The van der Waals surface area contributed by atoms with Crippen molar-refractivity contribution in [2.24, 2.45) is 5.14 Å². The van der Waals surface area contributed by atoms with E-state index >= 15 is 0 Å². The Morgan fingerprint density at radius 2 is 1.78 bits per heavy atom. The Kier molecular flexibility index (Phi) is 4.18. The molecule has 0 fully saturated rings. The van der Waals surface area contributed by atoms with Crippen LogP contribution >= 0.6 is 0 Å². The van der Waals surface area contributed by atoms with Gasteiger partial charge in [0.2, 0.25) is 5.91 Å². The summed E-state index contributed by atoms with van der Waals surface area (Å²) in [5.41, 5.74) is 0.549. The van der Waals surface area contributed by atoms with Gasteiger partial charge in [0.1, 0.15) is 0 Å². The molecule has 1 aromatic rings. The maximum absolute atomic E-state index is 11.4. The molecule has 4 N–H and O–H groups in total. The maximum atomic E-state index is 11.4. The van der Waals surface area contributed by atoms with E-state index in [2.05, 4.69) is 17.0 Å². The molecular weight excluding hydrogens is 258 g/mol. The highest BCUT2D eigenvalue weighted by Gasteiger charge is 2.11. The molecule has 96 valence electrons. The summed E-state index contributed by atoms with van der Waals surface area (Å²) in [6.07, 6.45) is 1.10. The molecule has 1 aromatic carbocycles. The molecule has 7 nitrogen and oxygen atoms in total. The van der Waals surface area contributed by atoms with Crippen molar-refractivity contribution in [2.75, 3.05) is 5.32 Å². The predicted molar refractivity (Wildman–Crippen MR) is 65.8 cm³/mol. The Labute approximate surface area is 104 Å². The molecule has 0 aliphatic rings. The fourth-order valence-electron chi connectivity index (χ4n) is 1.09. The zero-order valence-electron chi connectivity index (χ0n) is 9.21. The molecule has 0 aromatic heterocycles. The van der Waals surface area contributed by atoms with Gasteiger partial charge in [0.25, 0.3) is 16.1 Å².